The Labute approximate surface area is 81.1 Å². The fraction of sp³-hybridized carbons (Fsp3) is 0.222. The molecule has 1 heterocycles. The smallest absolute Gasteiger partial charge is 0.130 e. The summed E-state index contributed by atoms with van der Waals surface area (Å²) < 4.78 is 0. The van der Waals surface area contributed by atoms with E-state index in [4.69, 9.17) is 23.2 Å². The summed E-state index contributed by atoms with van der Waals surface area (Å²) >= 11 is 11.7. The average molecular weight is 200 g/mol. The van der Waals surface area contributed by atoms with Crippen LogP contribution in [0.25, 0.3) is 0 Å². The van der Waals surface area contributed by atoms with E-state index >= 15 is 0 Å². The molecule has 0 fully saturated rings. The predicted molar refractivity (Wildman–Crippen MR) is 52.6 cm³/mol. The molecule has 1 atom stereocenters. The third kappa shape index (κ3) is 1.13. The van der Waals surface area contributed by atoms with Crippen molar-refractivity contribution in [2.75, 3.05) is 0 Å². The molecule has 3 heteroatoms. The SMILES string of the molecule is CC1C(Cl)=CC=C2C=C(Cl)N=C21. The molecule has 1 nitrogen and oxygen atoms in total. The van der Waals surface area contributed by atoms with E-state index < -0.39 is 0 Å². The van der Waals surface area contributed by atoms with Crippen LogP contribution in [0.1, 0.15) is 6.92 Å². The van der Waals surface area contributed by atoms with E-state index in [2.05, 4.69) is 4.99 Å². The first-order chi connectivity index (χ1) is 5.68. The predicted octanol–water partition coefficient (Wildman–Crippen LogP) is 3.22. The van der Waals surface area contributed by atoms with Gasteiger partial charge in [-0.3, -0.25) is 0 Å². The number of halogens is 2. The molecular weight excluding hydrogens is 193 g/mol. The van der Waals surface area contributed by atoms with E-state index in [1.807, 2.05) is 25.2 Å². The van der Waals surface area contributed by atoms with Crippen LogP contribution in [-0.2, 0) is 0 Å². The van der Waals surface area contributed by atoms with Gasteiger partial charge in [0.15, 0.2) is 0 Å². The molecule has 0 aromatic heterocycles. The van der Waals surface area contributed by atoms with Crippen molar-refractivity contribution in [2.45, 2.75) is 6.92 Å². The van der Waals surface area contributed by atoms with E-state index in [9.17, 15) is 0 Å². The summed E-state index contributed by atoms with van der Waals surface area (Å²) in [6.07, 6.45) is 5.69. The Bertz CT molecular complexity index is 348. The summed E-state index contributed by atoms with van der Waals surface area (Å²) in [6, 6.07) is 0. The first-order valence-electron chi connectivity index (χ1n) is 3.72. The summed E-state index contributed by atoms with van der Waals surface area (Å²) in [5.74, 6) is 0.180. The zero-order chi connectivity index (χ0) is 8.72. The van der Waals surface area contributed by atoms with Crippen LogP contribution in [0.3, 0.4) is 0 Å². The molecule has 1 aliphatic heterocycles. The van der Waals surface area contributed by atoms with Crippen molar-refractivity contribution in [3.8, 4) is 0 Å². The number of hydrogen-bond donors (Lipinski definition) is 0. The maximum atomic E-state index is 5.95. The average Bonchev–Trinajstić information content (AvgIpc) is 2.39. The van der Waals surface area contributed by atoms with E-state index in [0.29, 0.717) is 5.16 Å². The summed E-state index contributed by atoms with van der Waals surface area (Å²) in [5.41, 5.74) is 2.06. The van der Waals surface area contributed by atoms with Gasteiger partial charge >= 0.3 is 0 Å². The highest BCUT2D eigenvalue weighted by Gasteiger charge is 2.23. The Kier molecular flexibility index (Phi) is 1.85. The maximum absolute atomic E-state index is 5.95. The minimum atomic E-state index is 0.180. The fourth-order valence-electron chi connectivity index (χ4n) is 1.34. The topological polar surface area (TPSA) is 12.4 Å². The number of allylic oxidation sites excluding steroid dienone is 5. The Morgan fingerprint density at radius 2 is 2.08 bits per heavy atom. The molecule has 12 heavy (non-hydrogen) atoms. The third-order valence-electron chi connectivity index (χ3n) is 2.04. The summed E-state index contributed by atoms with van der Waals surface area (Å²) in [7, 11) is 0. The number of fused-ring (bicyclic) bond motifs is 1. The van der Waals surface area contributed by atoms with Crippen LogP contribution >= 0.6 is 23.2 Å². The van der Waals surface area contributed by atoms with Gasteiger partial charge in [-0.1, -0.05) is 36.2 Å². The van der Waals surface area contributed by atoms with Gasteiger partial charge in [0.05, 0.1) is 5.71 Å². The second kappa shape index (κ2) is 2.75. The molecular formula is C9H7Cl2N. The number of hydrogen-bond acceptors (Lipinski definition) is 1. The number of rotatable bonds is 0. The monoisotopic (exact) mass is 199 g/mol. The maximum Gasteiger partial charge on any atom is 0.130 e. The van der Waals surface area contributed by atoms with Crippen LogP contribution in [0.4, 0.5) is 0 Å². The summed E-state index contributed by atoms with van der Waals surface area (Å²) in [5, 5.41) is 1.36. The quantitative estimate of drug-likeness (QED) is 0.532. The molecule has 1 aliphatic carbocycles. The lowest BCUT2D eigenvalue weighted by molar-refractivity contribution is 0.969. The fourth-order valence-corrected chi connectivity index (χ4v) is 1.71. The molecule has 0 saturated heterocycles. The van der Waals surface area contributed by atoms with Crippen LogP contribution in [0.15, 0.2) is 39.0 Å². The van der Waals surface area contributed by atoms with Crippen molar-refractivity contribution >= 4 is 28.9 Å². The highest BCUT2D eigenvalue weighted by molar-refractivity contribution is 6.36. The van der Waals surface area contributed by atoms with Crippen LogP contribution in [0.2, 0.25) is 0 Å². The van der Waals surface area contributed by atoms with Gasteiger partial charge in [0.25, 0.3) is 0 Å². The zero-order valence-electron chi connectivity index (χ0n) is 6.51. The standard InChI is InChI=1S/C9H7Cl2N/c1-5-7(10)3-2-6-4-8(11)12-9(5)6/h2-5H,1H3. The van der Waals surface area contributed by atoms with Gasteiger partial charge in [0, 0.05) is 11.0 Å². The van der Waals surface area contributed by atoms with Gasteiger partial charge in [-0.05, 0) is 17.7 Å². The molecule has 62 valence electrons. The molecule has 2 rings (SSSR count). The lowest BCUT2D eigenvalue weighted by atomic mass is 9.94. The Morgan fingerprint density at radius 3 is 2.83 bits per heavy atom. The largest absolute Gasteiger partial charge is 0.240 e. The molecule has 0 saturated carbocycles. The van der Waals surface area contributed by atoms with E-state index in [0.717, 1.165) is 16.3 Å². The number of aliphatic imine (C=N–C) groups is 1. The van der Waals surface area contributed by atoms with Gasteiger partial charge in [0.2, 0.25) is 0 Å². The second-order valence-electron chi connectivity index (χ2n) is 2.86. The van der Waals surface area contributed by atoms with Gasteiger partial charge < -0.3 is 0 Å². The minimum absolute atomic E-state index is 0.180. The second-order valence-corrected chi connectivity index (χ2v) is 3.68. The first-order valence-corrected chi connectivity index (χ1v) is 4.47. The first kappa shape index (κ1) is 8.09. The molecule has 2 aliphatic rings. The Balaban J connectivity index is 2.46. The van der Waals surface area contributed by atoms with E-state index in [1.54, 1.807) is 0 Å². The van der Waals surface area contributed by atoms with Crippen molar-refractivity contribution < 1.29 is 0 Å². The Hall–Kier alpha value is -0.530. The molecule has 0 aromatic rings. The minimum Gasteiger partial charge on any atom is -0.240 e. The Morgan fingerprint density at radius 1 is 1.33 bits per heavy atom. The molecule has 0 spiro atoms. The van der Waals surface area contributed by atoms with E-state index in [1.165, 1.54) is 0 Å². The van der Waals surface area contributed by atoms with Gasteiger partial charge in [0.1, 0.15) is 5.16 Å². The molecule has 1 unspecified atom stereocenters. The summed E-state index contributed by atoms with van der Waals surface area (Å²) in [4.78, 5) is 4.19. The van der Waals surface area contributed by atoms with Gasteiger partial charge in [-0.2, -0.15) is 0 Å². The third-order valence-corrected chi connectivity index (χ3v) is 2.69. The van der Waals surface area contributed by atoms with Crippen LogP contribution in [-0.4, -0.2) is 5.71 Å². The van der Waals surface area contributed by atoms with Crippen LogP contribution < -0.4 is 0 Å². The van der Waals surface area contributed by atoms with Crippen LogP contribution in [0.5, 0.6) is 0 Å². The van der Waals surface area contributed by atoms with Gasteiger partial charge in [-0.25, -0.2) is 4.99 Å². The van der Waals surface area contributed by atoms with Crippen molar-refractivity contribution in [3.63, 3.8) is 0 Å². The lowest BCUT2D eigenvalue weighted by Crippen LogP contribution is -2.13. The molecule has 0 aromatic carbocycles. The number of nitrogens with zero attached hydrogens (tertiary/aromatic N) is 1. The molecule has 0 bridgehead atoms. The normalized spacial score (nSPS) is 27.1. The molecule has 0 radical (unpaired) electrons. The van der Waals surface area contributed by atoms with Crippen molar-refractivity contribution in [3.05, 3.63) is 34.0 Å². The summed E-state index contributed by atoms with van der Waals surface area (Å²) in [6.45, 7) is 2.02. The van der Waals surface area contributed by atoms with E-state index in [-0.39, 0.29) is 5.92 Å². The zero-order valence-corrected chi connectivity index (χ0v) is 8.02. The van der Waals surface area contributed by atoms with Gasteiger partial charge in [-0.15, -0.1) is 0 Å². The molecule has 0 amide bonds. The van der Waals surface area contributed by atoms with Crippen molar-refractivity contribution in [2.24, 2.45) is 10.9 Å². The lowest BCUT2D eigenvalue weighted by Gasteiger charge is -2.15. The van der Waals surface area contributed by atoms with Crippen molar-refractivity contribution in [1.29, 1.82) is 0 Å². The highest BCUT2D eigenvalue weighted by Crippen LogP contribution is 2.31. The van der Waals surface area contributed by atoms with Crippen LogP contribution in [0, 0.1) is 5.92 Å². The molecule has 0 N–H and O–H groups in total. The highest BCUT2D eigenvalue weighted by atomic mass is 35.5. The van der Waals surface area contributed by atoms with Crippen molar-refractivity contribution in [1.82, 2.24) is 0 Å².